The average Bonchev–Trinajstić information content (AvgIpc) is 2.85. The highest BCUT2D eigenvalue weighted by atomic mass is 16.6. The van der Waals surface area contributed by atoms with Crippen LogP contribution in [0.15, 0.2) is 30.6 Å². The van der Waals surface area contributed by atoms with Crippen molar-refractivity contribution >= 4 is 11.4 Å². The number of benzene rings is 1. The van der Waals surface area contributed by atoms with Crippen LogP contribution < -0.4 is 5.32 Å². The van der Waals surface area contributed by atoms with Crippen molar-refractivity contribution in [2.45, 2.75) is 26.9 Å². The molecule has 0 saturated carbocycles. The number of imidazole rings is 1. The van der Waals surface area contributed by atoms with Crippen LogP contribution in [0.3, 0.4) is 0 Å². The summed E-state index contributed by atoms with van der Waals surface area (Å²) in [7, 11) is 0. The molecule has 0 spiro atoms. The molecule has 1 heterocycles. The molecule has 2 aromatic rings. The molecule has 0 aliphatic carbocycles. The van der Waals surface area contributed by atoms with Gasteiger partial charge in [0.15, 0.2) is 0 Å². The fourth-order valence-electron chi connectivity index (χ4n) is 1.88. The van der Waals surface area contributed by atoms with Crippen molar-refractivity contribution < 1.29 is 4.92 Å². The molecule has 0 amide bonds. The Kier molecular flexibility index (Phi) is 3.79. The van der Waals surface area contributed by atoms with Gasteiger partial charge < -0.3 is 9.88 Å². The van der Waals surface area contributed by atoms with E-state index in [1.54, 1.807) is 18.3 Å². The van der Waals surface area contributed by atoms with Gasteiger partial charge in [-0.05, 0) is 19.4 Å². The lowest BCUT2D eigenvalue weighted by atomic mass is 10.2. The first kappa shape index (κ1) is 13.1. The Bertz CT molecular complexity index is 592. The zero-order valence-corrected chi connectivity index (χ0v) is 11.0. The number of anilines is 1. The Morgan fingerprint density at radius 3 is 2.95 bits per heavy atom. The number of rotatable bonds is 5. The summed E-state index contributed by atoms with van der Waals surface area (Å²) in [6, 6.07) is 4.80. The number of aryl methyl sites for hydroxylation is 2. The summed E-state index contributed by atoms with van der Waals surface area (Å²) in [6.45, 7) is 5.36. The lowest BCUT2D eigenvalue weighted by Crippen LogP contribution is -2.08. The molecule has 6 heteroatoms. The molecule has 0 unspecified atom stereocenters. The van der Waals surface area contributed by atoms with Gasteiger partial charge in [-0.1, -0.05) is 6.07 Å². The van der Waals surface area contributed by atoms with Gasteiger partial charge in [0.2, 0.25) is 0 Å². The van der Waals surface area contributed by atoms with Gasteiger partial charge in [0.05, 0.1) is 11.5 Å². The highest BCUT2D eigenvalue weighted by Gasteiger charge is 2.09. The van der Waals surface area contributed by atoms with Gasteiger partial charge in [-0.15, -0.1) is 0 Å². The van der Waals surface area contributed by atoms with Gasteiger partial charge in [-0.2, -0.15) is 0 Å². The Morgan fingerprint density at radius 1 is 1.47 bits per heavy atom. The van der Waals surface area contributed by atoms with E-state index in [1.165, 1.54) is 6.07 Å². The quantitative estimate of drug-likeness (QED) is 0.662. The van der Waals surface area contributed by atoms with E-state index >= 15 is 0 Å². The average molecular weight is 260 g/mol. The van der Waals surface area contributed by atoms with Crippen LogP contribution in [0.2, 0.25) is 0 Å². The number of nitro groups is 1. The van der Waals surface area contributed by atoms with Crippen molar-refractivity contribution in [1.29, 1.82) is 0 Å². The molecule has 19 heavy (non-hydrogen) atoms. The first-order valence-corrected chi connectivity index (χ1v) is 6.10. The van der Waals surface area contributed by atoms with E-state index in [4.69, 9.17) is 0 Å². The number of hydrogen-bond acceptors (Lipinski definition) is 4. The molecule has 0 saturated heterocycles. The van der Waals surface area contributed by atoms with Crippen LogP contribution in [-0.4, -0.2) is 14.5 Å². The van der Waals surface area contributed by atoms with E-state index in [1.807, 2.05) is 24.6 Å². The van der Waals surface area contributed by atoms with Gasteiger partial charge in [0, 0.05) is 36.8 Å². The normalized spacial score (nSPS) is 10.4. The zero-order chi connectivity index (χ0) is 13.8. The molecule has 100 valence electrons. The van der Waals surface area contributed by atoms with E-state index in [2.05, 4.69) is 10.3 Å². The predicted molar refractivity (Wildman–Crippen MR) is 73.1 cm³/mol. The van der Waals surface area contributed by atoms with E-state index in [0.29, 0.717) is 6.54 Å². The second kappa shape index (κ2) is 5.51. The summed E-state index contributed by atoms with van der Waals surface area (Å²) in [5.41, 5.74) is 1.83. The molecular formula is C13H16N4O2. The Balaban J connectivity index is 2.15. The number of non-ortho nitro benzene ring substituents is 1. The van der Waals surface area contributed by atoms with Crippen LogP contribution in [0.25, 0.3) is 0 Å². The SMILES string of the molecule is CCn1ccnc1CNc1cc([N+](=O)[O-])ccc1C. The summed E-state index contributed by atoms with van der Waals surface area (Å²) < 4.78 is 2.03. The maximum absolute atomic E-state index is 10.8. The fourth-order valence-corrected chi connectivity index (χ4v) is 1.88. The molecule has 0 atom stereocenters. The minimum atomic E-state index is -0.391. The molecule has 1 aromatic heterocycles. The molecule has 0 radical (unpaired) electrons. The largest absolute Gasteiger partial charge is 0.377 e. The molecule has 2 rings (SSSR count). The van der Waals surface area contributed by atoms with Crippen molar-refractivity contribution in [2.75, 3.05) is 5.32 Å². The number of nitro benzene ring substituents is 1. The summed E-state index contributed by atoms with van der Waals surface area (Å²) in [5.74, 6) is 0.911. The van der Waals surface area contributed by atoms with E-state index in [0.717, 1.165) is 23.6 Å². The molecule has 6 nitrogen and oxygen atoms in total. The van der Waals surface area contributed by atoms with Gasteiger partial charge in [0.25, 0.3) is 5.69 Å². The van der Waals surface area contributed by atoms with Crippen LogP contribution in [-0.2, 0) is 13.1 Å². The Labute approximate surface area is 111 Å². The van der Waals surface area contributed by atoms with Crippen LogP contribution in [0.5, 0.6) is 0 Å². The Hall–Kier alpha value is -2.37. The lowest BCUT2D eigenvalue weighted by molar-refractivity contribution is -0.384. The van der Waals surface area contributed by atoms with Crippen molar-refractivity contribution in [1.82, 2.24) is 9.55 Å². The molecule has 1 N–H and O–H groups in total. The maximum Gasteiger partial charge on any atom is 0.271 e. The smallest absolute Gasteiger partial charge is 0.271 e. The third-order valence-electron chi connectivity index (χ3n) is 3.01. The van der Waals surface area contributed by atoms with Crippen molar-refractivity contribution in [3.05, 3.63) is 52.1 Å². The van der Waals surface area contributed by atoms with E-state index < -0.39 is 4.92 Å². The van der Waals surface area contributed by atoms with Crippen LogP contribution >= 0.6 is 0 Å². The van der Waals surface area contributed by atoms with Crippen LogP contribution in [0.1, 0.15) is 18.3 Å². The standard InChI is InChI=1S/C13H16N4O2/c1-3-16-7-6-14-13(16)9-15-12-8-11(17(18)19)5-4-10(12)2/h4-8,15H,3,9H2,1-2H3. The first-order valence-electron chi connectivity index (χ1n) is 6.10. The Morgan fingerprint density at radius 2 is 2.26 bits per heavy atom. The van der Waals surface area contributed by atoms with Gasteiger partial charge >= 0.3 is 0 Å². The number of aromatic nitrogens is 2. The summed E-state index contributed by atoms with van der Waals surface area (Å²) in [4.78, 5) is 14.6. The second-order valence-electron chi connectivity index (χ2n) is 4.24. The highest BCUT2D eigenvalue weighted by molar-refractivity contribution is 5.56. The topological polar surface area (TPSA) is 73.0 Å². The van der Waals surface area contributed by atoms with E-state index in [9.17, 15) is 10.1 Å². The first-order chi connectivity index (χ1) is 9.11. The predicted octanol–water partition coefficient (Wildman–Crippen LogP) is 2.73. The van der Waals surface area contributed by atoms with Gasteiger partial charge in [0.1, 0.15) is 5.82 Å². The highest BCUT2D eigenvalue weighted by Crippen LogP contribution is 2.22. The summed E-state index contributed by atoms with van der Waals surface area (Å²) in [5, 5.41) is 14.0. The minimum Gasteiger partial charge on any atom is -0.377 e. The molecule has 0 aliphatic heterocycles. The van der Waals surface area contributed by atoms with Crippen LogP contribution in [0.4, 0.5) is 11.4 Å². The number of hydrogen-bond donors (Lipinski definition) is 1. The third-order valence-corrected chi connectivity index (χ3v) is 3.01. The third kappa shape index (κ3) is 2.90. The molecular weight excluding hydrogens is 244 g/mol. The number of nitrogens with one attached hydrogen (secondary N) is 1. The van der Waals surface area contributed by atoms with Crippen LogP contribution in [0, 0.1) is 17.0 Å². The van der Waals surface area contributed by atoms with Crippen molar-refractivity contribution in [3.63, 3.8) is 0 Å². The summed E-state index contributed by atoms with van der Waals surface area (Å²) >= 11 is 0. The van der Waals surface area contributed by atoms with Gasteiger partial charge in [-0.25, -0.2) is 4.98 Å². The van der Waals surface area contributed by atoms with Gasteiger partial charge in [-0.3, -0.25) is 10.1 Å². The number of nitrogens with zero attached hydrogens (tertiary/aromatic N) is 3. The monoisotopic (exact) mass is 260 g/mol. The molecule has 0 aliphatic rings. The molecule has 0 bridgehead atoms. The van der Waals surface area contributed by atoms with Crippen molar-refractivity contribution in [3.8, 4) is 0 Å². The summed E-state index contributed by atoms with van der Waals surface area (Å²) in [6.07, 6.45) is 3.66. The molecule has 0 fully saturated rings. The maximum atomic E-state index is 10.8. The fraction of sp³-hybridized carbons (Fsp3) is 0.308. The minimum absolute atomic E-state index is 0.0898. The van der Waals surface area contributed by atoms with Crippen molar-refractivity contribution in [2.24, 2.45) is 0 Å². The van der Waals surface area contributed by atoms with E-state index in [-0.39, 0.29) is 5.69 Å². The molecule has 1 aromatic carbocycles. The second-order valence-corrected chi connectivity index (χ2v) is 4.24. The lowest BCUT2D eigenvalue weighted by Gasteiger charge is -2.10. The zero-order valence-electron chi connectivity index (χ0n) is 11.0.